The van der Waals surface area contributed by atoms with E-state index in [1.54, 1.807) is 0 Å². The van der Waals surface area contributed by atoms with Crippen LogP contribution < -0.4 is 10.6 Å². The van der Waals surface area contributed by atoms with Crippen molar-refractivity contribution in [1.82, 2.24) is 5.32 Å². The summed E-state index contributed by atoms with van der Waals surface area (Å²) in [6.45, 7) is 6.69. The summed E-state index contributed by atoms with van der Waals surface area (Å²) in [5.41, 5.74) is 2.31. The Hall–Kier alpha value is -1.09. The van der Waals surface area contributed by atoms with E-state index < -0.39 is 0 Å². The first kappa shape index (κ1) is 14.3. The average molecular weight is 276 g/mol. The van der Waals surface area contributed by atoms with E-state index in [0.29, 0.717) is 6.04 Å². The number of anilines is 1. The molecule has 0 heterocycles. The van der Waals surface area contributed by atoms with Gasteiger partial charge < -0.3 is 10.6 Å². The molecule has 1 aromatic carbocycles. The molecule has 2 nitrogen and oxygen atoms in total. The molecule has 0 aliphatic heterocycles. The van der Waals surface area contributed by atoms with Crippen molar-refractivity contribution in [3.05, 3.63) is 29.8 Å². The Kier molecular flexibility index (Phi) is 4.81. The summed E-state index contributed by atoms with van der Waals surface area (Å²) in [7, 11) is 0. The third kappa shape index (κ3) is 3.93. The van der Waals surface area contributed by atoms with Crippen LogP contribution in [0.1, 0.15) is 38.7 Å². The van der Waals surface area contributed by atoms with E-state index in [4.69, 9.17) is 12.2 Å². The van der Waals surface area contributed by atoms with E-state index in [1.165, 1.54) is 24.8 Å². The number of hydrogen-bond acceptors (Lipinski definition) is 1. The van der Waals surface area contributed by atoms with Crippen LogP contribution in [-0.2, 0) is 0 Å². The molecule has 2 N–H and O–H groups in total. The fraction of sp³-hybridized carbons (Fsp3) is 0.562. The van der Waals surface area contributed by atoms with Gasteiger partial charge in [0.2, 0.25) is 0 Å². The maximum atomic E-state index is 5.40. The lowest BCUT2D eigenvalue weighted by atomic mass is 9.91. The molecule has 1 aliphatic carbocycles. The topological polar surface area (TPSA) is 24.1 Å². The predicted molar refractivity (Wildman–Crippen MR) is 86.5 cm³/mol. The van der Waals surface area contributed by atoms with Crippen molar-refractivity contribution < 1.29 is 0 Å². The molecule has 1 aliphatic rings. The van der Waals surface area contributed by atoms with E-state index >= 15 is 0 Å². The van der Waals surface area contributed by atoms with Gasteiger partial charge in [-0.25, -0.2) is 0 Å². The lowest BCUT2D eigenvalue weighted by Crippen LogP contribution is -2.41. The lowest BCUT2D eigenvalue weighted by molar-refractivity contribution is 0.342. The van der Waals surface area contributed by atoms with Gasteiger partial charge in [0, 0.05) is 11.7 Å². The van der Waals surface area contributed by atoms with Crippen LogP contribution in [0.15, 0.2) is 24.3 Å². The zero-order valence-corrected chi connectivity index (χ0v) is 12.9. The molecule has 19 heavy (non-hydrogen) atoms. The smallest absolute Gasteiger partial charge is 0.170 e. The van der Waals surface area contributed by atoms with Gasteiger partial charge in [-0.3, -0.25) is 0 Å². The van der Waals surface area contributed by atoms with Crippen molar-refractivity contribution in [3.8, 4) is 0 Å². The lowest BCUT2D eigenvalue weighted by Gasteiger charge is -2.25. The SMILES string of the molecule is Cc1ccc(NC(=S)N[C@@H](C)C2CCCC2C)cc1. The number of thiocarbonyl (C=S) groups is 1. The second-order valence-corrected chi connectivity index (χ2v) is 6.23. The number of rotatable bonds is 3. The summed E-state index contributed by atoms with van der Waals surface area (Å²) in [6, 6.07) is 8.75. The van der Waals surface area contributed by atoms with Gasteiger partial charge in [-0.1, -0.05) is 37.5 Å². The Morgan fingerprint density at radius 1 is 1.26 bits per heavy atom. The van der Waals surface area contributed by atoms with E-state index in [0.717, 1.165) is 22.6 Å². The average Bonchev–Trinajstić information content (AvgIpc) is 2.78. The van der Waals surface area contributed by atoms with Crippen molar-refractivity contribution in [1.29, 1.82) is 0 Å². The van der Waals surface area contributed by atoms with Gasteiger partial charge >= 0.3 is 0 Å². The molecule has 1 fully saturated rings. The van der Waals surface area contributed by atoms with Crippen molar-refractivity contribution in [2.75, 3.05) is 5.32 Å². The molecule has 1 saturated carbocycles. The zero-order chi connectivity index (χ0) is 13.8. The van der Waals surface area contributed by atoms with Crippen LogP contribution in [0.2, 0.25) is 0 Å². The summed E-state index contributed by atoms with van der Waals surface area (Å²) < 4.78 is 0. The monoisotopic (exact) mass is 276 g/mol. The number of nitrogens with one attached hydrogen (secondary N) is 2. The van der Waals surface area contributed by atoms with Gasteiger partial charge in [0.1, 0.15) is 0 Å². The summed E-state index contributed by atoms with van der Waals surface area (Å²) >= 11 is 5.40. The molecule has 2 unspecified atom stereocenters. The van der Waals surface area contributed by atoms with E-state index in [1.807, 2.05) is 0 Å². The molecule has 0 bridgehead atoms. The Morgan fingerprint density at radius 3 is 2.53 bits per heavy atom. The molecule has 104 valence electrons. The molecule has 3 heteroatoms. The van der Waals surface area contributed by atoms with Crippen LogP contribution in [0.4, 0.5) is 5.69 Å². The molecule has 0 radical (unpaired) electrons. The molecule has 1 aromatic rings. The first-order valence-corrected chi connectivity index (χ1v) is 7.61. The standard InChI is InChI=1S/C16H24N2S/c1-11-7-9-14(10-8-11)18-16(19)17-13(3)15-6-4-5-12(15)2/h7-10,12-13,15H,4-6H2,1-3H3,(H2,17,18,19)/t12?,13-,15?/m0/s1. The van der Waals surface area contributed by atoms with Crippen molar-refractivity contribution in [2.24, 2.45) is 11.8 Å². The van der Waals surface area contributed by atoms with Crippen LogP contribution in [-0.4, -0.2) is 11.2 Å². The van der Waals surface area contributed by atoms with Crippen molar-refractivity contribution in [2.45, 2.75) is 46.1 Å². The highest BCUT2D eigenvalue weighted by molar-refractivity contribution is 7.80. The van der Waals surface area contributed by atoms with Crippen LogP contribution in [0.3, 0.4) is 0 Å². The number of hydrogen-bond donors (Lipinski definition) is 2. The molecule has 0 aromatic heterocycles. The Morgan fingerprint density at radius 2 is 1.95 bits per heavy atom. The normalized spacial score (nSPS) is 23.9. The number of benzene rings is 1. The second-order valence-electron chi connectivity index (χ2n) is 5.83. The third-order valence-corrected chi connectivity index (χ3v) is 4.46. The molecule has 3 atom stereocenters. The molecule has 2 rings (SSSR count). The summed E-state index contributed by atoms with van der Waals surface area (Å²) in [6.07, 6.45) is 4.04. The molecule has 0 saturated heterocycles. The number of aryl methyl sites for hydroxylation is 1. The highest BCUT2D eigenvalue weighted by atomic mass is 32.1. The first-order chi connectivity index (χ1) is 9.06. The summed E-state index contributed by atoms with van der Waals surface area (Å²) in [5.74, 6) is 1.56. The summed E-state index contributed by atoms with van der Waals surface area (Å²) in [4.78, 5) is 0. The van der Waals surface area contributed by atoms with Gasteiger partial charge in [-0.15, -0.1) is 0 Å². The van der Waals surface area contributed by atoms with Gasteiger partial charge in [0.25, 0.3) is 0 Å². The van der Waals surface area contributed by atoms with Crippen LogP contribution in [0, 0.1) is 18.8 Å². The second kappa shape index (κ2) is 6.38. The van der Waals surface area contributed by atoms with Crippen LogP contribution >= 0.6 is 12.2 Å². The van der Waals surface area contributed by atoms with E-state index in [9.17, 15) is 0 Å². The predicted octanol–water partition coefficient (Wildman–Crippen LogP) is 4.11. The zero-order valence-electron chi connectivity index (χ0n) is 12.1. The minimum Gasteiger partial charge on any atom is -0.360 e. The molecular formula is C16H24N2S. The highest BCUT2D eigenvalue weighted by Gasteiger charge is 2.28. The largest absolute Gasteiger partial charge is 0.360 e. The van der Waals surface area contributed by atoms with Gasteiger partial charge in [-0.05, 0) is 56.5 Å². The van der Waals surface area contributed by atoms with Gasteiger partial charge in [0.15, 0.2) is 5.11 Å². The quantitative estimate of drug-likeness (QED) is 0.813. The van der Waals surface area contributed by atoms with E-state index in [-0.39, 0.29) is 0 Å². The highest BCUT2D eigenvalue weighted by Crippen LogP contribution is 2.33. The Balaban J connectivity index is 1.85. The Bertz CT molecular complexity index is 427. The van der Waals surface area contributed by atoms with Crippen molar-refractivity contribution in [3.63, 3.8) is 0 Å². The van der Waals surface area contributed by atoms with Crippen molar-refractivity contribution >= 4 is 23.0 Å². The van der Waals surface area contributed by atoms with Gasteiger partial charge in [-0.2, -0.15) is 0 Å². The first-order valence-electron chi connectivity index (χ1n) is 7.20. The maximum Gasteiger partial charge on any atom is 0.170 e. The van der Waals surface area contributed by atoms with Crippen LogP contribution in [0.25, 0.3) is 0 Å². The fourth-order valence-corrected chi connectivity index (χ4v) is 3.34. The Labute approximate surface area is 122 Å². The van der Waals surface area contributed by atoms with Gasteiger partial charge in [0.05, 0.1) is 0 Å². The van der Waals surface area contributed by atoms with Crippen LogP contribution in [0.5, 0.6) is 0 Å². The molecular weight excluding hydrogens is 252 g/mol. The molecule has 0 amide bonds. The van der Waals surface area contributed by atoms with E-state index in [2.05, 4.69) is 55.7 Å². The minimum atomic E-state index is 0.447. The fourth-order valence-electron chi connectivity index (χ4n) is 3.03. The minimum absolute atomic E-state index is 0.447. The maximum absolute atomic E-state index is 5.40. The third-order valence-electron chi connectivity index (χ3n) is 4.24. The molecule has 0 spiro atoms. The summed E-state index contributed by atoms with van der Waals surface area (Å²) in [5, 5.41) is 7.43.